The summed E-state index contributed by atoms with van der Waals surface area (Å²) in [5.74, 6) is 0. The molecule has 0 atom stereocenters. The summed E-state index contributed by atoms with van der Waals surface area (Å²) in [5, 5.41) is 0. The van der Waals surface area contributed by atoms with Gasteiger partial charge in [0, 0.05) is 0 Å². The largest absolute Gasteiger partial charge is 0.0990 e. The van der Waals surface area contributed by atoms with Crippen molar-refractivity contribution < 1.29 is 0 Å². The van der Waals surface area contributed by atoms with Crippen LogP contribution in [0.4, 0.5) is 0 Å². The fourth-order valence-electron chi connectivity index (χ4n) is 0.511. The summed E-state index contributed by atoms with van der Waals surface area (Å²) in [5.41, 5.74) is 2.06. The molecule has 0 radical (unpaired) electrons. The second-order valence-electron chi connectivity index (χ2n) is 1.84. The second-order valence-corrected chi connectivity index (χ2v) is 1.84. The molecule has 0 amide bonds. The lowest BCUT2D eigenvalue weighted by Crippen LogP contribution is -1.74. The van der Waals surface area contributed by atoms with Gasteiger partial charge < -0.3 is 0 Å². The predicted molar refractivity (Wildman–Crippen MR) is 43.3 cm³/mol. The zero-order valence-corrected chi connectivity index (χ0v) is 5.85. The second kappa shape index (κ2) is 3.90. The fraction of sp³-hybridized carbons (Fsp3) is 0.111. The van der Waals surface area contributed by atoms with Crippen molar-refractivity contribution in [1.29, 1.82) is 0 Å². The van der Waals surface area contributed by atoms with Gasteiger partial charge in [0.2, 0.25) is 0 Å². The van der Waals surface area contributed by atoms with Gasteiger partial charge in [0.1, 0.15) is 0 Å². The van der Waals surface area contributed by atoms with Gasteiger partial charge in [-0.25, -0.2) is 0 Å². The van der Waals surface area contributed by atoms with Crippen LogP contribution in [-0.4, -0.2) is 0 Å². The first kappa shape index (κ1) is 7.96. The number of hydrogen-bond donors (Lipinski definition) is 0. The highest BCUT2D eigenvalue weighted by molar-refractivity contribution is 5.37. The Hall–Kier alpha value is -1.04. The average molecular weight is 120 g/mol. The van der Waals surface area contributed by atoms with E-state index >= 15 is 0 Å². The highest BCUT2D eigenvalue weighted by Gasteiger charge is 1.86. The third-order valence-electron chi connectivity index (χ3n) is 1.01. The molecule has 0 aromatic rings. The van der Waals surface area contributed by atoms with E-state index in [9.17, 15) is 0 Å². The SMILES string of the molecule is C=C/C=C(/C=C)C(=C)C. The molecule has 0 nitrogen and oxygen atoms in total. The molecule has 0 aromatic carbocycles. The minimum atomic E-state index is 1.02. The Morgan fingerprint density at radius 3 is 2.00 bits per heavy atom. The normalized spacial score (nSPS) is 10.6. The molecule has 0 N–H and O–H groups in total. The monoisotopic (exact) mass is 120 g/mol. The quantitative estimate of drug-likeness (QED) is 0.502. The summed E-state index contributed by atoms with van der Waals surface area (Å²) >= 11 is 0. The zero-order chi connectivity index (χ0) is 7.28. The molecule has 0 saturated heterocycles. The lowest BCUT2D eigenvalue weighted by molar-refractivity contribution is 1.46. The summed E-state index contributed by atoms with van der Waals surface area (Å²) in [7, 11) is 0. The van der Waals surface area contributed by atoms with Crippen LogP contribution >= 0.6 is 0 Å². The molecule has 0 rings (SSSR count). The van der Waals surface area contributed by atoms with Crippen LogP contribution in [0, 0.1) is 0 Å². The van der Waals surface area contributed by atoms with E-state index in [4.69, 9.17) is 0 Å². The van der Waals surface area contributed by atoms with Crippen molar-refractivity contribution in [2.24, 2.45) is 0 Å². The van der Waals surface area contributed by atoms with Gasteiger partial charge >= 0.3 is 0 Å². The van der Waals surface area contributed by atoms with Gasteiger partial charge in [-0.3, -0.25) is 0 Å². The first-order valence-electron chi connectivity index (χ1n) is 2.83. The van der Waals surface area contributed by atoms with Gasteiger partial charge in [0.05, 0.1) is 0 Å². The molecule has 0 spiro atoms. The average Bonchev–Trinajstić information content (AvgIpc) is 1.82. The highest BCUT2D eigenvalue weighted by atomic mass is 13.9. The van der Waals surface area contributed by atoms with Crippen LogP contribution in [0.5, 0.6) is 0 Å². The van der Waals surface area contributed by atoms with E-state index in [1.807, 2.05) is 13.0 Å². The van der Waals surface area contributed by atoms with Crippen molar-refractivity contribution in [3.8, 4) is 0 Å². The van der Waals surface area contributed by atoms with Crippen LogP contribution in [0.3, 0.4) is 0 Å². The minimum Gasteiger partial charge on any atom is -0.0990 e. The van der Waals surface area contributed by atoms with Crippen molar-refractivity contribution in [2.45, 2.75) is 6.92 Å². The summed E-state index contributed by atoms with van der Waals surface area (Å²) in [6.45, 7) is 12.9. The van der Waals surface area contributed by atoms with Gasteiger partial charge in [0.25, 0.3) is 0 Å². The van der Waals surface area contributed by atoms with Crippen molar-refractivity contribution in [3.05, 3.63) is 49.1 Å². The Morgan fingerprint density at radius 1 is 1.33 bits per heavy atom. The van der Waals surface area contributed by atoms with E-state index in [1.54, 1.807) is 12.2 Å². The minimum absolute atomic E-state index is 1.02. The number of allylic oxidation sites excluding steroid dienone is 5. The molecule has 0 unspecified atom stereocenters. The Kier molecular flexibility index (Phi) is 3.45. The van der Waals surface area contributed by atoms with Crippen LogP contribution in [0.2, 0.25) is 0 Å². The standard InChI is InChI=1S/C9H12/c1-5-7-9(6-2)8(3)4/h5-7H,1-3H2,4H3/b9-7-. The maximum Gasteiger partial charge on any atom is -0.0239 e. The number of rotatable bonds is 3. The maximum absolute atomic E-state index is 3.76. The molecule has 9 heavy (non-hydrogen) atoms. The first-order chi connectivity index (χ1) is 4.22. The van der Waals surface area contributed by atoms with Gasteiger partial charge in [0.15, 0.2) is 0 Å². The third kappa shape index (κ3) is 2.70. The molecule has 0 fully saturated rings. The molecule has 0 aliphatic rings. The van der Waals surface area contributed by atoms with Crippen molar-refractivity contribution in [3.63, 3.8) is 0 Å². The molecule has 0 saturated carbocycles. The molecule has 0 heterocycles. The van der Waals surface area contributed by atoms with Crippen LogP contribution in [0.25, 0.3) is 0 Å². The molecule has 48 valence electrons. The smallest absolute Gasteiger partial charge is 0.0239 e. The fourth-order valence-corrected chi connectivity index (χ4v) is 0.511. The van der Waals surface area contributed by atoms with Crippen molar-refractivity contribution >= 4 is 0 Å². The molecular formula is C9H12. The van der Waals surface area contributed by atoms with E-state index in [2.05, 4.69) is 19.7 Å². The molecule has 0 aliphatic heterocycles. The first-order valence-corrected chi connectivity index (χ1v) is 2.83. The summed E-state index contributed by atoms with van der Waals surface area (Å²) in [4.78, 5) is 0. The Morgan fingerprint density at radius 2 is 1.89 bits per heavy atom. The molecule has 0 heteroatoms. The maximum atomic E-state index is 3.76. The number of hydrogen-bond acceptors (Lipinski definition) is 0. The lowest BCUT2D eigenvalue weighted by Gasteiger charge is -1.95. The highest BCUT2D eigenvalue weighted by Crippen LogP contribution is 2.06. The van der Waals surface area contributed by atoms with E-state index in [1.165, 1.54) is 0 Å². The van der Waals surface area contributed by atoms with Crippen molar-refractivity contribution in [1.82, 2.24) is 0 Å². The molecule has 0 aliphatic carbocycles. The van der Waals surface area contributed by atoms with E-state index in [-0.39, 0.29) is 0 Å². The van der Waals surface area contributed by atoms with Crippen LogP contribution in [0.1, 0.15) is 6.92 Å². The van der Waals surface area contributed by atoms with Gasteiger partial charge in [-0.05, 0) is 12.5 Å². The van der Waals surface area contributed by atoms with E-state index in [0.29, 0.717) is 0 Å². The topological polar surface area (TPSA) is 0 Å². The summed E-state index contributed by atoms with van der Waals surface area (Å²) < 4.78 is 0. The molecular weight excluding hydrogens is 108 g/mol. The van der Waals surface area contributed by atoms with Gasteiger partial charge in [-0.15, -0.1) is 0 Å². The lowest BCUT2D eigenvalue weighted by atomic mass is 10.1. The Bertz CT molecular complexity index is 159. The Balaban J connectivity index is 4.32. The zero-order valence-electron chi connectivity index (χ0n) is 5.85. The van der Waals surface area contributed by atoms with Crippen LogP contribution in [-0.2, 0) is 0 Å². The summed E-state index contributed by atoms with van der Waals surface area (Å²) in [6.07, 6.45) is 5.38. The van der Waals surface area contributed by atoms with Crippen LogP contribution < -0.4 is 0 Å². The van der Waals surface area contributed by atoms with E-state index < -0.39 is 0 Å². The van der Waals surface area contributed by atoms with Gasteiger partial charge in [-0.1, -0.05) is 43.5 Å². The van der Waals surface area contributed by atoms with Gasteiger partial charge in [-0.2, -0.15) is 0 Å². The third-order valence-corrected chi connectivity index (χ3v) is 1.01. The van der Waals surface area contributed by atoms with Crippen LogP contribution in [0.15, 0.2) is 49.1 Å². The molecule has 0 bridgehead atoms. The van der Waals surface area contributed by atoms with Crippen molar-refractivity contribution in [2.75, 3.05) is 0 Å². The Labute approximate surface area is 56.9 Å². The van der Waals surface area contributed by atoms with E-state index in [0.717, 1.165) is 11.1 Å². The molecule has 0 aromatic heterocycles. The predicted octanol–water partition coefficient (Wildman–Crippen LogP) is 2.86. The summed E-state index contributed by atoms with van der Waals surface area (Å²) in [6, 6.07) is 0.